The molecule has 2 aromatic carbocycles. The number of ketones is 1. The molecule has 5 heteroatoms. The van der Waals surface area contributed by atoms with E-state index in [4.69, 9.17) is 4.74 Å². The van der Waals surface area contributed by atoms with Crippen LogP contribution in [0.4, 0.5) is 0 Å². The molecule has 0 radical (unpaired) electrons. The van der Waals surface area contributed by atoms with Crippen LogP contribution in [0.3, 0.4) is 0 Å². The molecule has 0 aliphatic carbocycles. The third-order valence-electron chi connectivity index (χ3n) is 5.05. The molecule has 0 unspecified atom stereocenters. The number of Topliss-reactive ketones (excluding diaryl/α,β-unsaturated/α-hetero) is 1. The van der Waals surface area contributed by atoms with E-state index in [1.54, 1.807) is 18.2 Å². The Hall–Kier alpha value is -3.05. The summed E-state index contributed by atoms with van der Waals surface area (Å²) in [7, 11) is 0. The van der Waals surface area contributed by atoms with E-state index in [1.165, 1.54) is 6.07 Å². The van der Waals surface area contributed by atoms with Crippen molar-refractivity contribution in [2.24, 2.45) is 5.92 Å². The Morgan fingerprint density at radius 3 is 2.70 bits per heavy atom. The monoisotopic (exact) mass is 361 g/mol. The van der Waals surface area contributed by atoms with Crippen molar-refractivity contribution in [2.45, 2.75) is 12.8 Å². The minimum Gasteiger partial charge on any atom is -0.507 e. The van der Waals surface area contributed by atoms with Crippen LogP contribution in [-0.2, 0) is 4.74 Å². The number of hydrogen-bond acceptors (Lipinski definition) is 5. The van der Waals surface area contributed by atoms with Crippen LogP contribution in [0.25, 0.3) is 22.0 Å². The third kappa shape index (κ3) is 3.34. The van der Waals surface area contributed by atoms with Gasteiger partial charge in [0.1, 0.15) is 11.4 Å². The van der Waals surface area contributed by atoms with Crippen molar-refractivity contribution in [3.05, 3.63) is 59.8 Å². The summed E-state index contributed by atoms with van der Waals surface area (Å²) in [6.07, 6.45) is 2.13. The molecule has 1 fully saturated rings. The third-order valence-corrected chi connectivity index (χ3v) is 5.05. The van der Waals surface area contributed by atoms with E-state index in [0.717, 1.165) is 23.8 Å². The molecule has 136 valence electrons. The molecule has 0 saturated carbocycles. The average Bonchev–Trinajstić information content (AvgIpc) is 2.73. The molecule has 27 heavy (non-hydrogen) atoms. The maximum atomic E-state index is 12.7. The first-order valence-corrected chi connectivity index (χ1v) is 8.97. The summed E-state index contributed by atoms with van der Waals surface area (Å²) in [5.74, 6) is -0.00207. The van der Waals surface area contributed by atoms with Gasteiger partial charge in [-0.15, -0.1) is 0 Å². The van der Waals surface area contributed by atoms with Crippen molar-refractivity contribution in [3.63, 3.8) is 0 Å². The molecule has 1 aliphatic rings. The van der Waals surface area contributed by atoms with E-state index < -0.39 is 0 Å². The highest BCUT2D eigenvalue weighted by Gasteiger charge is 2.24. The molecule has 1 saturated heterocycles. The molecule has 2 heterocycles. The van der Waals surface area contributed by atoms with Crippen LogP contribution < -0.4 is 0 Å². The fourth-order valence-electron chi connectivity index (χ4n) is 3.53. The van der Waals surface area contributed by atoms with E-state index in [-0.39, 0.29) is 23.0 Å². The number of phenolic OH excluding ortho intramolecular Hbond substituents is 1. The molecule has 4 rings (SSSR count). The second-order valence-corrected chi connectivity index (χ2v) is 6.71. The first-order valence-electron chi connectivity index (χ1n) is 8.97. The quantitative estimate of drug-likeness (QED) is 0.561. The number of benzene rings is 2. The van der Waals surface area contributed by atoms with Gasteiger partial charge in [-0.25, -0.2) is 4.98 Å². The minimum absolute atomic E-state index is 0.0313. The zero-order valence-corrected chi connectivity index (χ0v) is 14.7. The van der Waals surface area contributed by atoms with Crippen LogP contribution >= 0.6 is 0 Å². The van der Waals surface area contributed by atoms with Crippen molar-refractivity contribution >= 4 is 22.8 Å². The highest BCUT2D eigenvalue weighted by molar-refractivity contribution is 6.02. The van der Waals surface area contributed by atoms with E-state index in [0.29, 0.717) is 36.3 Å². The Morgan fingerprint density at radius 1 is 1.11 bits per heavy atom. The lowest BCUT2D eigenvalue weighted by molar-refractivity contribution is 0.0541. The lowest BCUT2D eigenvalue weighted by atomic mass is 9.93. The van der Waals surface area contributed by atoms with E-state index in [1.807, 2.05) is 24.3 Å². The average molecular weight is 361 g/mol. The van der Waals surface area contributed by atoms with Gasteiger partial charge in [0.2, 0.25) is 0 Å². The molecular weight excluding hydrogens is 342 g/mol. The summed E-state index contributed by atoms with van der Waals surface area (Å²) in [4.78, 5) is 28.6. The van der Waals surface area contributed by atoms with Gasteiger partial charge in [-0.2, -0.15) is 0 Å². The first-order chi connectivity index (χ1) is 13.2. The number of aldehydes is 1. The molecule has 0 atom stereocenters. The Balaban J connectivity index is 1.70. The number of ether oxygens (including phenoxy) is 1. The van der Waals surface area contributed by atoms with Gasteiger partial charge in [0.25, 0.3) is 0 Å². The van der Waals surface area contributed by atoms with E-state index in [2.05, 4.69) is 4.98 Å². The standard InChI is InChI=1S/C22H19NO4/c24-13-18-17-6-4-16(12-15(17)5-7-21(18)25)19-2-1-3-20(23-19)22(26)14-8-10-27-11-9-14/h1-7,12-14,25H,8-11H2. The second-order valence-electron chi connectivity index (χ2n) is 6.71. The fraction of sp³-hybridized carbons (Fsp3) is 0.227. The Labute approximate surface area is 156 Å². The second kappa shape index (κ2) is 7.29. The van der Waals surface area contributed by atoms with Crippen LogP contribution in [0.15, 0.2) is 48.5 Å². The topological polar surface area (TPSA) is 76.5 Å². The maximum absolute atomic E-state index is 12.7. The highest BCUT2D eigenvalue weighted by Crippen LogP contribution is 2.29. The van der Waals surface area contributed by atoms with Crippen LogP contribution in [0.2, 0.25) is 0 Å². The number of carbonyl (C=O) groups excluding carboxylic acids is 2. The number of aromatic nitrogens is 1. The molecular formula is C22H19NO4. The summed E-state index contributed by atoms with van der Waals surface area (Å²) in [6, 6.07) is 14.3. The van der Waals surface area contributed by atoms with Gasteiger partial charge < -0.3 is 9.84 Å². The van der Waals surface area contributed by atoms with Crippen LogP contribution in [0.1, 0.15) is 33.7 Å². The fourth-order valence-corrected chi connectivity index (χ4v) is 3.53. The van der Waals surface area contributed by atoms with Gasteiger partial charge in [-0.05, 0) is 47.9 Å². The normalized spacial score (nSPS) is 15.0. The molecule has 1 N–H and O–H groups in total. The number of nitrogens with zero attached hydrogens (tertiary/aromatic N) is 1. The Morgan fingerprint density at radius 2 is 1.93 bits per heavy atom. The summed E-state index contributed by atoms with van der Waals surface area (Å²) in [6.45, 7) is 1.24. The van der Waals surface area contributed by atoms with Crippen molar-refractivity contribution in [3.8, 4) is 17.0 Å². The van der Waals surface area contributed by atoms with E-state index in [9.17, 15) is 14.7 Å². The number of carbonyl (C=O) groups is 2. The number of phenols is 1. The molecule has 3 aromatic rings. The lowest BCUT2D eigenvalue weighted by Crippen LogP contribution is -2.24. The summed E-state index contributed by atoms with van der Waals surface area (Å²) >= 11 is 0. The van der Waals surface area contributed by atoms with Crippen molar-refractivity contribution in [2.75, 3.05) is 13.2 Å². The highest BCUT2D eigenvalue weighted by atomic mass is 16.5. The maximum Gasteiger partial charge on any atom is 0.184 e. The summed E-state index contributed by atoms with van der Waals surface area (Å²) < 4.78 is 5.33. The number of rotatable bonds is 4. The molecule has 1 aliphatic heterocycles. The zero-order valence-electron chi connectivity index (χ0n) is 14.7. The lowest BCUT2D eigenvalue weighted by Gasteiger charge is -2.20. The molecule has 0 bridgehead atoms. The number of aromatic hydroxyl groups is 1. The zero-order chi connectivity index (χ0) is 18.8. The summed E-state index contributed by atoms with van der Waals surface area (Å²) in [5.41, 5.74) is 2.30. The Bertz CT molecular complexity index is 1020. The predicted molar refractivity (Wildman–Crippen MR) is 102 cm³/mol. The molecule has 0 amide bonds. The van der Waals surface area contributed by atoms with Crippen molar-refractivity contribution in [1.29, 1.82) is 0 Å². The van der Waals surface area contributed by atoms with Gasteiger partial charge >= 0.3 is 0 Å². The Kier molecular flexibility index (Phi) is 4.69. The largest absolute Gasteiger partial charge is 0.507 e. The van der Waals surface area contributed by atoms with E-state index >= 15 is 0 Å². The van der Waals surface area contributed by atoms with Crippen molar-refractivity contribution < 1.29 is 19.4 Å². The van der Waals surface area contributed by atoms with Gasteiger partial charge in [-0.3, -0.25) is 9.59 Å². The first kappa shape index (κ1) is 17.4. The number of hydrogen-bond donors (Lipinski definition) is 1. The summed E-state index contributed by atoms with van der Waals surface area (Å²) in [5, 5.41) is 11.3. The number of fused-ring (bicyclic) bond motifs is 1. The van der Waals surface area contributed by atoms with Gasteiger partial charge in [0, 0.05) is 24.7 Å². The molecule has 5 nitrogen and oxygen atoms in total. The molecule has 0 spiro atoms. The van der Waals surface area contributed by atoms with Crippen LogP contribution in [-0.4, -0.2) is 35.4 Å². The predicted octanol–water partition coefficient (Wildman–Crippen LogP) is 4.03. The van der Waals surface area contributed by atoms with Gasteiger partial charge in [-0.1, -0.05) is 24.3 Å². The number of pyridine rings is 1. The SMILES string of the molecule is O=Cc1c(O)ccc2cc(-c3cccc(C(=O)C4CCOCC4)n3)ccc12. The molecule has 1 aromatic heterocycles. The smallest absolute Gasteiger partial charge is 0.184 e. The van der Waals surface area contributed by atoms with Crippen LogP contribution in [0, 0.1) is 5.92 Å². The van der Waals surface area contributed by atoms with Gasteiger partial charge in [0.15, 0.2) is 12.1 Å². The van der Waals surface area contributed by atoms with Crippen molar-refractivity contribution in [1.82, 2.24) is 4.98 Å². The van der Waals surface area contributed by atoms with Gasteiger partial charge in [0.05, 0.1) is 11.3 Å². The minimum atomic E-state index is -0.0348. The van der Waals surface area contributed by atoms with Crippen LogP contribution in [0.5, 0.6) is 5.75 Å².